The molecule has 12 N–H and O–H groups in total. The summed E-state index contributed by atoms with van der Waals surface area (Å²) in [5, 5.41) is 17.1. The molecule has 0 aliphatic heterocycles. The number of aliphatic carboxylic acids is 1. The summed E-state index contributed by atoms with van der Waals surface area (Å²) in [5.41, 5.74) is 23.5. The number of benzene rings is 2. The van der Waals surface area contributed by atoms with Crippen LogP contribution in [-0.2, 0) is 36.8 Å². The highest BCUT2D eigenvalue weighted by atomic mass is 16.4. The average Bonchev–Trinajstić information content (AvgIpc) is 2.94. The summed E-state index contributed by atoms with van der Waals surface area (Å²) in [6.07, 6.45) is -0.149. The Morgan fingerprint density at radius 1 is 0.714 bits per heavy atom. The van der Waals surface area contributed by atoms with Crippen molar-refractivity contribution in [1.82, 2.24) is 16.0 Å². The molecule has 0 aliphatic carbocycles. The number of nitrogens with two attached hydrogens (primary N) is 4. The van der Waals surface area contributed by atoms with E-state index in [0.29, 0.717) is 5.56 Å². The highest BCUT2D eigenvalue weighted by Crippen LogP contribution is 2.07. The Balaban J connectivity index is 2.17. The smallest absolute Gasteiger partial charge is 0.326 e. The van der Waals surface area contributed by atoms with Gasteiger partial charge in [0.1, 0.15) is 18.1 Å². The second-order valence-electron chi connectivity index (χ2n) is 9.63. The molecule has 0 heterocycles. The minimum atomic E-state index is -1.44. The number of hydrogen-bond acceptors (Lipinski definition) is 7. The van der Waals surface area contributed by atoms with Gasteiger partial charge in [0.2, 0.25) is 23.6 Å². The van der Waals surface area contributed by atoms with Gasteiger partial charge in [-0.05, 0) is 30.4 Å². The van der Waals surface area contributed by atoms with Crippen LogP contribution >= 0.6 is 0 Å². The van der Waals surface area contributed by atoms with Gasteiger partial charge in [-0.1, -0.05) is 60.7 Å². The molecular formula is C28H38N8O6. The largest absolute Gasteiger partial charge is 0.480 e. The minimum Gasteiger partial charge on any atom is -0.480 e. The lowest BCUT2D eigenvalue weighted by atomic mass is 10.0. The van der Waals surface area contributed by atoms with Crippen molar-refractivity contribution in [3.8, 4) is 0 Å². The van der Waals surface area contributed by atoms with Gasteiger partial charge in [-0.3, -0.25) is 24.2 Å². The molecule has 0 saturated heterocycles. The van der Waals surface area contributed by atoms with E-state index in [1.807, 2.05) is 6.07 Å². The van der Waals surface area contributed by atoms with Crippen LogP contribution in [0.3, 0.4) is 0 Å². The number of guanidine groups is 1. The Kier molecular flexibility index (Phi) is 13.4. The first-order valence-electron chi connectivity index (χ1n) is 13.3. The molecule has 0 radical (unpaired) electrons. The molecule has 2 aromatic rings. The first-order valence-corrected chi connectivity index (χ1v) is 13.3. The van der Waals surface area contributed by atoms with Crippen LogP contribution in [0.4, 0.5) is 0 Å². The van der Waals surface area contributed by atoms with Gasteiger partial charge in [-0.2, -0.15) is 0 Å². The maximum absolute atomic E-state index is 13.2. The Morgan fingerprint density at radius 2 is 1.21 bits per heavy atom. The third-order valence-electron chi connectivity index (χ3n) is 6.15. The molecule has 0 bridgehead atoms. The van der Waals surface area contributed by atoms with Crippen molar-refractivity contribution in [2.24, 2.45) is 27.9 Å². The van der Waals surface area contributed by atoms with E-state index in [0.717, 1.165) is 5.56 Å². The van der Waals surface area contributed by atoms with Gasteiger partial charge in [0.25, 0.3) is 0 Å². The third-order valence-corrected chi connectivity index (χ3v) is 6.15. The van der Waals surface area contributed by atoms with Gasteiger partial charge < -0.3 is 44.0 Å². The van der Waals surface area contributed by atoms with Crippen molar-refractivity contribution in [3.63, 3.8) is 0 Å². The van der Waals surface area contributed by atoms with Crippen molar-refractivity contribution in [3.05, 3.63) is 71.8 Å². The number of carbonyl (C=O) groups excluding carboxylic acids is 4. The van der Waals surface area contributed by atoms with E-state index >= 15 is 0 Å². The van der Waals surface area contributed by atoms with E-state index in [2.05, 4.69) is 20.9 Å². The Hall–Kier alpha value is -4.98. The van der Waals surface area contributed by atoms with E-state index < -0.39 is 60.2 Å². The third kappa shape index (κ3) is 12.0. The minimum absolute atomic E-state index is 0.00373. The van der Waals surface area contributed by atoms with Gasteiger partial charge in [-0.15, -0.1) is 0 Å². The van der Waals surface area contributed by atoms with Crippen LogP contribution in [0.2, 0.25) is 0 Å². The Bertz CT molecular complexity index is 1240. The van der Waals surface area contributed by atoms with Crippen molar-refractivity contribution in [2.75, 3.05) is 6.54 Å². The number of nitrogens with one attached hydrogen (secondary N) is 3. The van der Waals surface area contributed by atoms with Gasteiger partial charge in [0, 0.05) is 13.0 Å². The van der Waals surface area contributed by atoms with Crippen molar-refractivity contribution < 1.29 is 29.1 Å². The maximum atomic E-state index is 13.2. The number of primary amides is 1. The summed E-state index contributed by atoms with van der Waals surface area (Å²) in [6.45, 7) is 0.129. The lowest BCUT2D eigenvalue weighted by molar-refractivity contribution is -0.142. The molecule has 2 aromatic carbocycles. The topological polar surface area (TPSA) is 258 Å². The number of carboxylic acid groups (broad SMARTS) is 1. The number of hydrogen-bond donors (Lipinski definition) is 8. The lowest BCUT2D eigenvalue weighted by Gasteiger charge is -2.25. The molecule has 0 aromatic heterocycles. The lowest BCUT2D eigenvalue weighted by Crippen LogP contribution is -2.58. The summed E-state index contributed by atoms with van der Waals surface area (Å²) in [5.74, 6) is -4.70. The molecule has 0 spiro atoms. The van der Waals surface area contributed by atoms with Crippen molar-refractivity contribution in [2.45, 2.75) is 56.3 Å². The monoisotopic (exact) mass is 582 g/mol. The molecule has 14 nitrogen and oxygen atoms in total. The maximum Gasteiger partial charge on any atom is 0.326 e. The summed E-state index contributed by atoms with van der Waals surface area (Å²) in [6, 6.07) is 12.6. The zero-order chi connectivity index (χ0) is 31.1. The zero-order valence-corrected chi connectivity index (χ0v) is 23.1. The number of aliphatic imine (C=N–C) groups is 1. The van der Waals surface area contributed by atoms with E-state index in [9.17, 15) is 29.1 Å². The molecule has 2 rings (SSSR count). The van der Waals surface area contributed by atoms with E-state index in [4.69, 9.17) is 22.9 Å². The van der Waals surface area contributed by atoms with Crippen LogP contribution in [0.1, 0.15) is 30.4 Å². The fraction of sp³-hybridized carbons (Fsp3) is 0.357. The summed E-state index contributed by atoms with van der Waals surface area (Å²) in [7, 11) is 0. The van der Waals surface area contributed by atoms with Crippen LogP contribution in [0, 0.1) is 0 Å². The highest BCUT2D eigenvalue weighted by Gasteiger charge is 2.31. The predicted octanol–water partition coefficient (Wildman–Crippen LogP) is -1.73. The highest BCUT2D eigenvalue weighted by molar-refractivity contribution is 5.96. The number of amides is 4. The Labute approximate surface area is 243 Å². The van der Waals surface area contributed by atoms with Crippen LogP contribution in [0.5, 0.6) is 0 Å². The molecule has 226 valence electrons. The van der Waals surface area contributed by atoms with Gasteiger partial charge >= 0.3 is 5.97 Å². The van der Waals surface area contributed by atoms with Crippen molar-refractivity contribution >= 4 is 35.6 Å². The number of rotatable bonds is 17. The quantitative estimate of drug-likeness (QED) is 0.0597. The normalized spacial score (nSPS) is 13.5. The van der Waals surface area contributed by atoms with Gasteiger partial charge in [0.05, 0.1) is 12.5 Å². The van der Waals surface area contributed by atoms with Crippen molar-refractivity contribution in [1.29, 1.82) is 0 Å². The summed E-state index contributed by atoms with van der Waals surface area (Å²) in [4.78, 5) is 66.7. The zero-order valence-electron chi connectivity index (χ0n) is 23.1. The first-order chi connectivity index (χ1) is 20.0. The molecule has 42 heavy (non-hydrogen) atoms. The standard InChI is InChI=1S/C28H38N8O6/c29-19(14-17-8-3-1-4-9-17)24(38)35-21(16-23(30)37)26(40)34-20(12-7-13-33-28(31)32)25(39)36-22(27(41)42)15-18-10-5-2-6-11-18/h1-6,8-11,19-22H,7,12-16,29H2,(H2,30,37)(H,34,40)(H,35,38)(H,36,39)(H,41,42)(H4,31,32,33). The number of carboxylic acids is 1. The van der Waals surface area contributed by atoms with E-state index in [-0.39, 0.29) is 38.2 Å². The number of nitrogens with zero attached hydrogens (tertiary/aromatic N) is 1. The van der Waals surface area contributed by atoms with E-state index in [1.165, 1.54) is 0 Å². The van der Waals surface area contributed by atoms with Crippen LogP contribution in [0.25, 0.3) is 0 Å². The Morgan fingerprint density at radius 3 is 1.74 bits per heavy atom. The fourth-order valence-corrected chi connectivity index (χ4v) is 4.02. The fourth-order valence-electron chi connectivity index (χ4n) is 4.02. The molecule has 0 saturated carbocycles. The molecule has 0 fully saturated rings. The number of carbonyl (C=O) groups is 5. The molecule has 0 aliphatic rings. The SMILES string of the molecule is NC(=O)CC(NC(=O)C(N)Cc1ccccc1)C(=O)NC(CCCN=C(N)N)C(=O)NC(Cc1ccccc1)C(=O)O. The van der Waals surface area contributed by atoms with Gasteiger partial charge in [0.15, 0.2) is 5.96 Å². The van der Waals surface area contributed by atoms with Crippen LogP contribution in [0.15, 0.2) is 65.7 Å². The van der Waals surface area contributed by atoms with Crippen LogP contribution < -0.4 is 38.9 Å². The molecular weight excluding hydrogens is 544 g/mol. The second kappa shape index (κ2) is 17.0. The molecule has 4 atom stereocenters. The molecule has 4 unspecified atom stereocenters. The summed E-state index contributed by atoms with van der Waals surface area (Å²) >= 11 is 0. The first kappa shape index (κ1) is 33.2. The van der Waals surface area contributed by atoms with Crippen LogP contribution in [-0.4, -0.2) is 71.4 Å². The van der Waals surface area contributed by atoms with Gasteiger partial charge in [-0.25, -0.2) is 4.79 Å². The molecule has 14 heteroatoms. The summed E-state index contributed by atoms with van der Waals surface area (Å²) < 4.78 is 0. The predicted molar refractivity (Wildman–Crippen MR) is 155 cm³/mol. The molecule has 4 amide bonds. The second-order valence-corrected chi connectivity index (χ2v) is 9.63. The van der Waals surface area contributed by atoms with E-state index in [1.54, 1.807) is 54.6 Å². The average molecular weight is 583 g/mol.